The fourth-order valence-electron chi connectivity index (χ4n) is 2.13. The first-order valence-electron chi connectivity index (χ1n) is 7.91. The Balaban J connectivity index is 1.68. The van der Waals surface area contributed by atoms with Crippen LogP contribution in [0.15, 0.2) is 48.5 Å². The predicted octanol–water partition coefficient (Wildman–Crippen LogP) is 2.79. The van der Waals surface area contributed by atoms with Crippen LogP contribution in [0.2, 0.25) is 5.02 Å². The van der Waals surface area contributed by atoms with Crippen molar-refractivity contribution in [1.82, 2.24) is 16.2 Å². The van der Waals surface area contributed by atoms with Gasteiger partial charge in [-0.15, -0.1) is 0 Å². The first-order valence-corrected chi connectivity index (χ1v) is 8.69. The molecule has 0 aliphatic rings. The van der Waals surface area contributed by atoms with E-state index in [0.29, 0.717) is 16.3 Å². The highest BCUT2D eigenvalue weighted by molar-refractivity contribution is 7.80. The molecule has 136 valence electrons. The van der Waals surface area contributed by atoms with Crippen molar-refractivity contribution in [3.63, 3.8) is 0 Å². The van der Waals surface area contributed by atoms with Gasteiger partial charge in [-0.1, -0.05) is 35.9 Å². The topological polar surface area (TPSA) is 82.3 Å². The Bertz CT molecular complexity index is 813. The lowest BCUT2D eigenvalue weighted by molar-refractivity contribution is -0.121. The van der Waals surface area contributed by atoms with Gasteiger partial charge in [-0.25, -0.2) is 0 Å². The molecule has 2 aromatic rings. The van der Waals surface area contributed by atoms with E-state index < -0.39 is 0 Å². The summed E-state index contributed by atoms with van der Waals surface area (Å²) in [4.78, 5) is 23.8. The number of nitrogens with one attached hydrogen (secondary N) is 4. The van der Waals surface area contributed by atoms with Crippen LogP contribution in [0.5, 0.6) is 0 Å². The molecule has 8 heteroatoms. The lowest BCUT2D eigenvalue weighted by Gasteiger charge is -2.12. The summed E-state index contributed by atoms with van der Waals surface area (Å²) in [6.07, 6.45) is 0.115. The summed E-state index contributed by atoms with van der Waals surface area (Å²) >= 11 is 11.0. The molecule has 0 fully saturated rings. The molecule has 6 nitrogen and oxygen atoms in total. The van der Waals surface area contributed by atoms with Gasteiger partial charge in [0.25, 0.3) is 5.91 Å². The molecule has 0 aromatic heterocycles. The van der Waals surface area contributed by atoms with E-state index in [-0.39, 0.29) is 29.9 Å². The Labute approximate surface area is 162 Å². The number of aryl methyl sites for hydroxylation is 1. The van der Waals surface area contributed by atoms with Crippen LogP contribution >= 0.6 is 23.8 Å². The molecule has 2 rings (SSSR count). The van der Waals surface area contributed by atoms with Gasteiger partial charge in [0.05, 0.1) is 0 Å². The van der Waals surface area contributed by atoms with Gasteiger partial charge in [0.15, 0.2) is 5.11 Å². The first-order chi connectivity index (χ1) is 12.5. The van der Waals surface area contributed by atoms with Crippen molar-refractivity contribution in [3.05, 3.63) is 64.7 Å². The minimum atomic E-state index is -0.301. The van der Waals surface area contributed by atoms with Crippen LogP contribution in [0.1, 0.15) is 22.3 Å². The fraction of sp³-hybridized carbons (Fsp3) is 0.167. The van der Waals surface area contributed by atoms with Gasteiger partial charge < -0.3 is 10.6 Å². The molecule has 0 spiro atoms. The van der Waals surface area contributed by atoms with Crippen molar-refractivity contribution in [2.24, 2.45) is 0 Å². The number of rotatable bonds is 5. The number of halogens is 1. The molecule has 26 heavy (non-hydrogen) atoms. The standard InChI is InChI=1S/C18H19ClN4O2S/c1-12-5-2-3-8-15(12)17(25)20-10-9-16(24)22-23-18(26)21-14-7-4-6-13(19)11-14/h2-8,11H,9-10H2,1H3,(H,20,25)(H,22,24)(H2,21,23,26). The van der Waals surface area contributed by atoms with E-state index in [1.807, 2.05) is 19.1 Å². The van der Waals surface area contributed by atoms with Gasteiger partial charge in [-0.3, -0.25) is 20.4 Å². The van der Waals surface area contributed by atoms with Crippen LogP contribution in [-0.4, -0.2) is 23.5 Å². The van der Waals surface area contributed by atoms with Gasteiger partial charge in [0.2, 0.25) is 5.91 Å². The molecule has 0 saturated carbocycles. The molecule has 0 radical (unpaired) electrons. The summed E-state index contributed by atoms with van der Waals surface area (Å²) in [6.45, 7) is 2.08. The summed E-state index contributed by atoms with van der Waals surface area (Å²) in [5.74, 6) is -0.507. The quantitative estimate of drug-likeness (QED) is 0.466. The Morgan fingerprint density at radius 3 is 2.58 bits per heavy atom. The zero-order valence-electron chi connectivity index (χ0n) is 14.1. The molecule has 0 aliphatic heterocycles. The number of hydrazine groups is 1. The van der Waals surface area contributed by atoms with Gasteiger partial charge in [-0.2, -0.15) is 0 Å². The summed E-state index contributed by atoms with van der Waals surface area (Å²) < 4.78 is 0. The number of carbonyl (C=O) groups is 2. The average molecular weight is 391 g/mol. The molecule has 0 atom stereocenters. The van der Waals surface area contributed by atoms with E-state index in [0.717, 1.165) is 5.56 Å². The summed E-state index contributed by atoms with van der Waals surface area (Å²) in [6, 6.07) is 14.3. The van der Waals surface area contributed by atoms with E-state index in [2.05, 4.69) is 21.5 Å². The van der Waals surface area contributed by atoms with Crippen molar-refractivity contribution in [2.45, 2.75) is 13.3 Å². The number of thiocarbonyl (C=S) groups is 1. The van der Waals surface area contributed by atoms with Crippen LogP contribution in [0, 0.1) is 6.92 Å². The van der Waals surface area contributed by atoms with Gasteiger partial charge in [0.1, 0.15) is 0 Å². The second-order valence-corrected chi connectivity index (χ2v) is 6.30. The third kappa shape index (κ3) is 6.34. The number of benzene rings is 2. The van der Waals surface area contributed by atoms with Crippen LogP contribution in [0.3, 0.4) is 0 Å². The highest BCUT2D eigenvalue weighted by atomic mass is 35.5. The highest BCUT2D eigenvalue weighted by Gasteiger charge is 2.08. The Morgan fingerprint density at radius 1 is 1.08 bits per heavy atom. The van der Waals surface area contributed by atoms with Crippen molar-refractivity contribution >= 4 is 46.4 Å². The van der Waals surface area contributed by atoms with Crippen LogP contribution in [0.4, 0.5) is 5.69 Å². The normalized spacial score (nSPS) is 9.92. The van der Waals surface area contributed by atoms with Crippen molar-refractivity contribution in [3.8, 4) is 0 Å². The molecule has 0 heterocycles. The SMILES string of the molecule is Cc1ccccc1C(=O)NCCC(=O)NNC(=S)Nc1cccc(Cl)c1. The number of anilines is 1. The highest BCUT2D eigenvalue weighted by Crippen LogP contribution is 2.14. The lowest BCUT2D eigenvalue weighted by atomic mass is 10.1. The minimum absolute atomic E-state index is 0.115. The van der Waals surface area contributed by atoms with E-state index >= 15 is 0 Å². The number of carbonyl (C=O) groups excluding carboxylic acids is 2. The van der Waals surface area contributed by atoms with Crippen LogP contribution in [0.25, 0.3) is 0 Å². The van der Waals surface area contributed by atoms with Gasteiger partial charge in [0, 0.05) is 29.2 Å². The largest absolute Gasteiger partial charge is 0.352 e. The van der Waals surface area contributed by atoms with Crippen molar-refractivity contribution in [1.29, 1.82) is 0 Å². The fourth-order valence-corrected chi connectivity index (χ4v) is 2.49. The second kappa shape index (κ2) is 9.74. The molecule has 0 bridgehead atoms. The van der Waals surface area contributed by atoms with E-state index in [1.54, 1.807) is 36.4 Å². The van der Waals surface area contributed by atoms with Gasteiger partial charge in [-0.05, 0) is 49.0 Å². The van der Waals surface area contributed by atoms with Crippen LogP contribution in [-0.2, 0) is 4.79 Å². The van der Waals surface area contributed by atoms with Crippen LogP contribution < -0.4 is 21.5 Å². The maximum absolute atomic E-state index is 12.0. The molecule has 0 unspecified atom stereocenters. The molecule has 4 N–H and O–H groups in total. The molecule has 2 amide bonds. The number of hydrogen-bond acceptors (Lipinski definition) is 3. The number of hydrogen-bond donors (Lipinski definition) is 4. The Hall–Kier alpha value is -2.64. The maximum Gasteiger partial charge on any atom is 0.251 e. The monoisotopic (exact) mass is 390 g/mol. The zero-order valence-corrected chi connectivity index (χ0v) is 15.7. The summed E-state index contributed by atoms with van der Waals surface area (Å²) in [5.41, 5.74) is 7.24. The average Bonchev–Trinajstić information content (AvgIpc) is 2.60. The minimum Gasteiger partial charge on any atom is -0.352 e. The van der Waals surface area contributed by atoms with Crippen molar-refractivity contribution < 1.29 is 9.59 Å². The third-order valence-corrected chi connectivity index (χ3v) is 3.86. The number of amides is 2. The first kappa shape index (κ1) is 19.7. The van der Waals surface area contributed by atoms with Gasteiger partial charge >= 0.3 is 0 Å². The Kier molecular flexibility index (Phi) is 7.37. The van der Waals surface area contributed by atoms with E-state index in [9.17, 15) is 9.59 Å². The summed E-state index contributed by atoms with van der Waals surface area (Å²) in [7, 11) is 0. The molecular formula is C18H19ClN4O2S. The Morgan fingerprint density at radius 2 is 1.85 bits per heavy atom. The van der Waals surface area contributed by atoms with Crippen molar-refractivity contribution in [2.75, 3.05) is 11.9 Å². The molecule has 0 saturated heterocycles. The molecule has 2 aromatic carbocycles. The third-order valence-electron chi connectivity index (χ3n) is 3.43. The molecule has 0 aliphatic carbocycles. The maximum atomic E-state index is 12.0. The lowest BCUT2D eigenvalue weighted by Crippen LogP contribution is -2.44. The van der Waals surface area contributed by atoms with E-state index in [1.165, 1.54) is 0 Å². The zero-order chi connectivity index (χ0) is 18.9. The predicted molar refractivity (Wildman–Crippen MR) is 107 cm³/mol. The van der Waals surface area contributed by atoms with E-state index in [4.69, 9.17) is 23.8 Å². The smallest absolute Gasteiger partial charge is 0.251 e. The second-order valence-electron chi connectivity index (χ2n) is 5.46. The summed E-state index contributed by atoms with van der Waals surface area (Å²) in [5, 5.41) is 6.41. The molecular weight excluding hydrogens is 372 g/mol.